The molecule has 1 aromatic carbocycles. The molecular weight excluding hydrogens is 338 g/mol. The van der Waals surface area contributed by atoms with Crippen LogP contribution in [0.1, 0.15) is 32.1 Å². The number of hydrogen-bond acceptors (Lipinski definition) is 5. The van der Waals surface area contributed by atoms with E-state index >= 15 is 0 Å². The summed E-state index contributed by atoms with van der Waals surface area (Å²) in [6.45, 7) is 0. The largest absolute Gasteiger partial charge is 0.474 e. The predicted octanol–water partition coefficient (Wildman–Crippen LogP) is 5.16. The zero-order chi connectivity index (χ0) is 17.1. The lowest BCUT2D eigenvalue weighted by Crippen LogP contribution is -2.20. The van der Waals surface area contributed by atoms with E-state index in [4.69, 9.17) is 20.9 Å². The van der Waals surface area contributed by atoms with Crippen molar-refractivity contribution in [3.63, 3.8) is 0 Å². The maximum Gasteiger partial charge on any atom is 0.263 e. The summed E-state index contributed by atoms with van der Waals surface area (Å²) >= 11 is 6.04. The Morgan fingerprint density at radius 3 is 2.80 bits per heavy atom. The van der Waals surface area contributed by atoms with Crippen LogP contribution in [0, 0.1) is 0 Å². The summed E-state index contributed by atoms with van der Waals surface area (Å²) in [5.74, 6) is 1.44. The zero-order valence-corrected chi connectivity index (χ0v) is 14.4. The molecule has 25 heavy (non-hydrogen) atoms. The van der Waals surface area contributed by atoms with E-state index < -0.39 is 0 Å². The van der Waals surface area contributed by atoms with Gasteiger partial charge in [-0.1, -0.05) is 35.3 Å². The third kappa shape index (κ3) is 3.66. The molecular formula is C19H18ClN3O2. The minimum Gasteiger partial charge on any atom is -0.474 e. The van der Waals surface area contributed by atoms with E-state index in [0.717, 1.165) is 18.4 Å². The minimum absolute atomic E-state index is 0.206. The van der Waals surface area contributed by atoms with Gasteiger partial charge in [-0.2, -0.15) is 4.98 Å². The molecule has 1 aliphatic carbocycles. The molecule has 0 atom stereocenters. The van der Waals surface area contributed by atoms with E-state index in [1.807, 2.05) is 30.3 Å². The Kier molecular flexibility index (Phi) is 4.65. The van der Waals surface area contributed by atoms with Gasteiger partial charge in [0.15, 0.2) is 0 Å². The van der Waals surface area contributed by atoms with Crippen LogP contribution in [0.4, 0.5) is 0 Å². The molecule has 0 aliphatic heterocycles. The summed E-state index contributed by atoms with van der Waals surface area (Å²) in [6, 6.07) is 11.1. The minimum atomic E-state index is 0.206. The first-order chi connectivity index (χ1) is 12.3. The molecule has 128 valence electrons. The van der Waals surface area contributed by atoms with Gasteiger partial charge in [0.25, 0.3) is 5.89 Å². The van der Waals surface area contributed by atoms with E-state index in [1.54, 1.807) is 12.3 Å². The quantitative estimate of drug-likeness (QED) is 0.646. The van der Waals surface area contributed by atoms with E-state index in [9.17, 15) is 0 Å². The Hall–Kier alpha value is -2.40. The van der Waals surface area contributed by atoms with E-state index in [-0.39, 0.29) is 6.10 Å². The molecule has 0 spiro atoms. The second-order valence-corrected chi connectivity index (χ2v) is 6.60. The Labute approximate surface area is 151 Å². The van der Waals surface area contributed by atoms with Crippen LogP contribution in [-0.2, 0) is 0 Å². The molecule has 0 radical (unpaired) electrons. The third-order valence-corrected chi connectivity index (χ3v) is 4.58. The van der Waals surface area contributed by atoms with Crippen LogP contribution in [0.25, 0.3) is 22.8 Å². The normalized spacial score (nSPS) is 15.2. The highest BCUT2D eigenvalue weighted by Gasteiger charge is 2.20. The SMILES string of the molecule is Clc1cccc(-c2noc(-c3cccnc3OC3CCCCC3)n2)c1. The molecule has 2 heterocycles. The number of benzene rings is 1. The molecule has 0 N–H and O–H groups in total. The first kappa shape index (κ1) is 16.1. The van der Waals surface area contributed by atoms with E-state index in [1.165, 1.54) is 19.3 Å². The Balaban J connectivity index is 1.62. The summed E-state index contributed by atoms with van der Waals surface area (Å²) in [6.07, 6.45) is 7.73. The Bertz CT molecular complexity index is 859. The number of aromatic nitrogens is 3. The Morgan fingerprint density at radius 2 is 1.96 bits per heavy atom. The first-order valence-electron chi connectivity index (χ1n) is 8.51. The second-order valence-electron chi connectivity index (χ2n) is 6.17. The van der Waals surface area contributed by atoms with Crippen molar-refractivity contribution >= 4 is 11.6 Å². The summed E-state index contributed by atoms with van der Waals surface area (Å²) in [5.41, 5.74) is 1.52. The van der Waals surface area contributed by atoms with Gasteiger partial charge in [0.2, 0.25) is 11.7 Å². The highest BCUT2D eigenvalue weighted by molar-refractivity contribution is 6.30. The maximum absolute atomic E-state index is 6.11. The molecule has 3 aromatic rings. The molecule has 1 saturated carbocycles. The van der Waals surface area contributed by atoms with Crippen LogP contribution in [-0.4, -0.2) is 21.2 Å². The molecule has 0 unspecified atom stereocenters. The number of pyridine rings is 1. The highest BCUT2D eigenvalue weighted by atomic mass is 35.5. The molecule has 1 aliphatic rings. The smallest absolute Gasteiger partial charge is 0.263 e. The van der Waals surface area contributed by atoms with Gasteiger partial charge in [-0.3, -0.25) is 0 Å². The standard InChI is InChI=1S/C19H18ClN3O2/c20-14-7-4-6-13(12-14)17-22-19(25-23-17)16-10-5-11-21-18(16)24-15-8-2-1-3-9-15/h4-7,10-12,15H,1-3,8-9H2. The maximum atomic E-state index is 6.11. The molecule has 0 amide bonds. The van der Waals surface area contributed by atoms with Gasteiger partial charge in [-0.25, -0.2) is 4.98 Å². The van der Waals surface area contributed by atoms with Crippen molar-refractivity contribution in [1.82, 2.24) is 15.1 Å². The third-order valence-electron chi connectivity index (χ3n) is 4.34. The van der Waals surface area contributed by atoms with Crippen LogP contribution in [0.15, 0.2) is 47.1 Å². The van der Waals surface area contributed by atoms with Gasteiger partial charge >= 0.3 is 0 Å². The summed E-state index contributed by atoms with van der Waals surface area (Å²) in [5, 5.41) is 4.69. The van der Waals surface area contributed by atoms with Crippen molar-refractivity contribution < 1.29 is 9.26 Å². The van der Waals surface area contributed by atoms with Gasteiger partial charge in [-0.05, 0) is 49.9 Å². The van der Waals surface area contributed by atoms with Crippen LogP contribution in [0.2, 0.25) is 5.02 Å². The monoisotopic (exact) mass is 355 g/mol. The van der Waals surface area contributed by atoms with Crippen molar-refractivity contribution in [3.8, 4) is 28.7 Å². The molecule has 1 fully saturated rings. The van der Waals surface area contributed by atoms with Crippen molar-refractivity contribution in [1.29, 1.82) is 0 Å². The van der Waals surface area contributed by atoms with Crippen molar-refractivity contribution in [2.45, 2.75) is 38.2 Å². The van der Waals surface area contributed by atoms with Crippen LogP contribution in [0.3, 0.4) is 0 Å². The molecule has 6 heteroatoms. The van der Waals surface area contributed by atoms with Gasteiger partial charge in [0.1, 0.15) is 11.7 Å². The first-order valence-corrected chi connectivity index (χ1v) is 8.89. The van der Waals surface area contributed by atoms with Gasteiger partial charge in [0.05, 0.1) is 0 Å². The van der Waals surface area contributed by atoms with Crippen LogP contribution < -0.4 is 4.74 Å². The van der Waals surface area contributed by atoms with E-state index in [0.29, 0.717) is 28.2 Å². The zero-order valence-electron chi connectivity index (χ0n) is 13.7. The number of rotatable bonds is 4. The number of ether oxygens (including phenoxy) is 1. The van der Waals surface area contributed by atoms with Crippen molar-refractivity contribution in [2.75, 3.05) is 0 Å². The molecule has 5 nitrogen and oxygen atoms in total. The fourth-order valence-corrected chi connectivity index (χ4v) is 3.26. The number of nitrogens with zero attached hydrogens (tertiary/aromatic N) is 3. The average molecular weight is 356 g/mol. The number of halogens is 1. The lowest BCUT2D eigenvalue weighted by molar-refractivity contribution is 0.149. The van der Waals surface area contributed by atoms with Crippen LogP contribution in [0.5, 0.6) is 5.88 Å². The molecule has 0 bridgehead atoms. The second kappa shape index (κ2) is 7.23. The van der Waals surface area contributed by atoms with Gasteiger partial charge < -0.3 is 9.26 Å². The van der Waals surface area contributed by atoms with Crippen molar-refractivity contribution in [3.05, 3.63) is 47.6 Å². The molecule has 4 rings (SSSR count). The van der Waals surface area contributed by atoms with Crippen LogP contribution >= 0.6 is 11.6 Å². The average Bonchev–Trinajstić information content (AvgIpc) is 3.13. The van der Waals surface area contributed by atoms with Crippen molar-refractivity contribution in [2.24, 2.45) is 0 Å². The van der Waals surface area contributed by atoms with E-state index in [2.05, 4.69) is 15.1 Å². The van der Waals surface area contributed by atoms with Gasteiger partial charge in [-0.15, -0.1) is 0 Å². The fourth-order valence-electron chi connectivity index (χ4n) is 3.07. The molecule has 2 aromatic heterocycles. The summed E-state index contributed by atoms with van der Waals surface area (Å²) in [4.78, 5) is 8.86. The highest BCUT2D eigenvalue weighted by Crippen LogP contribution is 2.31. The predicted molar refractivity (Wildman–Crippen MR) is 95.5 cm³/mol. The number of hydrogen-bond donors (Lipinski definition) is 0. The Morgan fingerprint density at radius 1 is 1.08 bits per heavy atom. The summed E-state index contributed by atoms with van der Waals surface area (Å²) < 4.78 is 11.6. The lowest BCUT2D eigenvalue weighted by atomic mass is 9.98. The van der Waals surface area contributed by atoms with Gasteiger partial charge in [0, 0.05) is 16.8 Å². The summed E-state index contributed by atoms with van der Waals surface area (Å²) in [7, 11) is 0. The molecule has 0 saturated heterocycles. The lowest BCUT2D eigenvalue weighted by Gasteiger charge is -2.22. The topological polar surface area (TPSA) is 61.0 Å². The fraction of sp³-hybridized carbons (Fsp3) is 0.316.